The third-order valence-corrected chi connectivity index (χ3v) is 6.96. The fourth-order valence-corrected chi connectivity index (χ4v) is 5.21. The van der Waals surface area contributed by atoms with Gasteiger partial charge in [-0.15, -0.1) is 11.3 Å². The minimum Gasteiger partial charge on any atom is -0.378 e. The standard InChI is InChI=1S/C26H29N3O3S/c1-18-8-7-9-19(2)24(18)27-23(30)17-28(3)25(31)22-16-21(20-10-5-4-6-11-20)26(33-22)29-12-14-32-15-13-29/h4-11,16H,12-15,17H2,1-3H3,(H,27,30). The smallest absolute Gasteiger partial charge is 0.264 e. The maximum Gasteiger partial charge on any atom is 0.264 e. The van der Waals surface area contributed by atoms with Gasteiger partial charge in [0.15, 0.2) is 0 Å². The summed E-state index contributed by atoms with van der Waals surface area (Å²) in [7, 11) is 1.67. The van der Waals surface area contributed by atoms with E-state index >= 15 is 0 Å². The normalized spacial score (nSPS) is 13.6. The molecule has 0 saturated carbocycles. The summed E-state index contributed by atoms with van der Waals surface area (Å²) < 4.78 is 5.51. The summed E-state index contributed by atoms with van der Waals surface area (Å²) in [5.74, 6) is -0.371. The summed E-state index contributed by atoms with van der Waals surface area (Å²) in [6.45, 7) is 6.84. The average molecular weight is 464 g/mol. The third-order valence-electron chi connectivity index (χ3n) is 5.78. The first-order chi connectivity index (χ1) is 15.9. The van der Waals surface area contributed by atoms with Gasteiger partial charge in [-0.25, -0.2) is 0 Å². The van der Waals surface area contributed by atoms with E-state index in [1.54, 1.807) is 7.05 Å². The van der Waals surface area contributed by atoms with E-state index < -0.39 is 0 Å². The molecule has 172 valence electrons. The topological polar surface area (TPSA) is 61.9 Å². The zero-order valence-corrected chi connectivity index (χ0v) is 20.1. The SMILES string of the molecule is Cc1cccc(C)c1NC(=O)CN(C)C(=O)c1cc(-c2ccccc2)c(N2CCOCC2)s1. The van der Waals surface area contributed by atoms with Crippen LogP contribution in [0.4, 0.5) is 10.7 Å². The monoisotopic (exact) mass is 463 g/mol. The summed E-state index contributed by atoms with van der Waals surface area (Å²) >= 11 is 1.48. The second-order valence-corrected chi connectivity index (χ2v) is 9.30. The van der Waals surface area contributed by atoms with E-state index in [-0.39, 0.29) is 18.4 Å². The van der Waals surface area contributed by atoms with Gasteiger partial charge < -0.3 is 19.9 Å². The number of nitrogens with one attached hydrogen (secondary N) is 1. The van der Waals surface area contributed by atoms with Crippen molar-refractivity contribution in [1.82, 2.24) is 4.90 Å². The van der Waals surface area contributed by atoms with Crippen LogP contribution in [0.2, 0.25) is 0 Å². The lowest BCUT2D eigenvalue weighted by Crippen LogP contribution is -2.36. The number of amides is 2. The quantitative estimate of drug-likeness (QED) is 0.581. The molecular weight excluding hydrogens is 434 g/mol. The van der Waals surface area contributed by atoms with E-state index in [4.69, 9.17) is 4.74 Å². The number of aryl methyl sites for hydroxylation is 2. The first-order valence-electron chi connectivity index (χ1n) is 11.1. The Morgan fingerprint density at radius 3 is 2.36 bits per heavy atom. The van der Waals surface area contributed by atoms with Crippen LogP contribution in [0.15, 0.2) is 54.6 Å². The van der Waals surface area contributed by atoms with Gasteiger partial charge in [0.1, 0.15) is 0 Å². The fourth-order valence-electron chi connectivity index (χ4n) is 3.98. The number of para-hydroxylation sites is 1. The van der Waals surface area contributed by atoms with Crippen LogP contribution in [0.3, 0.4) is 0 Å². The number of morpholine rings is 1. The first kappa shape index (κ1) is 23.0. The number of carbonyl (C=O) groups is 2. The predicted molar refractivity (Wildman–Crippen MR) is 134 cm³/mol. The van der Waals surface area contributed by atoms with Crippen molar-refractivity contribution in [1.29, 1.82) is 0 Å². The lowest BCUT2D eigenvalue weighted by molar-refractivity contribution is -0.116. The minimum atomic E-state index is -0.212. The molecule has 2 amide bonds. The van der Waals surface area contributed by atoms with Crippen molar-refractivity contribution in [3.8, 4) is 11.1 Å². The number of thiophene rings is 1. The Morgan fingerprint density at radius 1 is 1.03 bits per heavy atom. The zero-order chi connectivity index (χ0) is 23.4. The van der Waals surface area contributed by atoms with Gasteiger partial charge in [0, 0.05) is 31.4 Å². The van der Waals surface area contributed by atoms with Gasteiger partial charge in [0.2, 0.25) is 5.91 Å². The Kier molecular flexibility index (Phi) is 7.11. The van der Waals surface area contributed by atoms with Gasteiger partial charge in [-0.2, -0.15) is 0 Å². The average Bonchev–Trinajstić information content (AvgIpc) is 3.28. The van der Waals surface area contributed by atoms with Gasteiger partial charge in [-0.3, -0.25) is 9.59 Å². The van der Waals surface area contributed by atoms with Crippen LogP contribution in [-0.2, 0) is 9.53 Å². The lowest BCUT2D eigenvalue weighted by atomic mass is 10.1. The number of hydrogen-bond acceptors (Lipinski definition) is 5. The van der Waals surface area contributed by atoms with E-state index in [0.717, 1.165) is 46.0 Å². The number of benzene rings is 2. The van der Waals surface area contributed by atoms with Crippen molar-refractivity contribution < 1.29 is 14.3 Å². The zero-order valence-electron chi connectivity index (χ0n) is 19.3. The van der Waals surface area contributed by atoms with Crippen LogP contribution in [0.1, 0.15) is 20.8 Å². The van der Waals surface area contributed by atoms with Gasteiger partial charge in [-0.1, -0.05) is 48.5 Å². The van der Waals surface area contributed by atoms with Gasteiger partial charge in [0.25, 0.3) is 5.91 Å². The number of carbonyl (C=O) groups excluding carboxylic acids is 2. The van der Waals surface area contributed by atoms with E-state index in [1.165, 1.54) is 16.2 Å². The molecule has 1 aliphatic heterocycles. The van der Waals surface area contributed by atoms with Crippen LogP contribution in [0.25, 0.3) is 11.1 Å². The predicted octanol–water partition coefficient (Wildman–Crippen LogP) is 4.58. The number of rotatable bonds is 6. The number of likely N-dealkylation sites (N-methyl/N-ethyl adjacent to an activating group) is 1. The highest BCUT2D eigenvalue weighted by atomic mass is 32.1. The number of hydrogen-bond donors (Lipinski definition) is 1. The second kappa shape index (κ2) is 10.2. The van der Waals surface area contributed by atoms with Crippen molar-refractivity contribution in [3.63, 3.8) is 0 Å². The number of nitrogens with zero attached hydrogens (tertiary/aromatic N) is 2. The molecule has 0 radical (unpaired) electrons. The largest absolute Gasteiger partial charge is 0.378 e. The molecule has 0 spiro atoms. The molecule has 1 N–H and O–H groups in total. The van der Waals surface area contributed by atoms with Crippen LogP contribution in [0.5, 0.6) is 0 Å². The summed E-state index contributed by atoms with van der Waals surface area (Å²) in [6.07, 6.45) is 0. The minimum absolute atomic E-state index is 0.0158. The number of ether oxygens (including phenoxy) is 1. The first-order valence-corrected chi connectivity index (χ1v) is 11.9. The molecular formula is C26H29N3O3S. The van der Waals surface area contributed by atoms with Crippen molar-refractivity contribution >= 4 is 33.8 Å². The molecule has 0 unspecified atom stereocenters. The molecule has 7 heteroatoms. The molecule has 33 heavy (non-hydrogen) atoms. The molecule has 0 bridgehead atoms. The van der Waals surface area contributed by atoms with Crippen molar-refractivity contribution in [2.75, 3.05) is 50.1 Å². The summed E-state index contributed by atoms with van der Waals surface area (Å²) in [4.78, 5) is 30.3. The maximum atomic E-state index is 13.3. The maximum absolute atomic E-state index is 13.3. The molecule has 1 aromatic heterocycles. The Morgan fingerprint density at radius 2 is 1.70 bits per heavy atom. The van der Waals surface area contributed by atoms with E-state index in [2.05, 4.69) is 22.3 Å². The van der Waals surface area contributed by atoms with E-state index in [0.29, 0.717) is 18.1 Å². The fraction of sp³-hybridized carbons (Fsp3) is 0.308. The molecule has 1 fully saturated rings. The molecule has 4 rings (SSSR count). The second-order valence-electron chi connectivity index (χ2n) is 8.27. The van der Waals surface area contributed by atoms with Crippen LogP contribution in [-0.4, -0.2) is 56.6 Å². The molecule has 2 heterocycles. The Bertz CT molecular complexity index is 1120. The lowest BCUT2D eigenvalue weighted by Gasteiger charge is -2.28. The molecule has 2 aromatic carbocycles. The van der Waals surface area contributed by atoms with Crippen molar-refractivity contribution in [3.05, 3.63) is 70.6 Å². The van der Waals surface area contributed by atoms with Crippen molar-refractivity contribution in [2.24, 2.45) is 0 Å². The highest BCUT2D eigenvalue weighted by molar-refractivity contribution is 7.18. The molecule has 1 saturated heterocycles. The van der Waals surface area contributed by atoms with Crippen molar-refractivity contribution in [2.45, 2.75) is 13.8 Å². The summed E-state index contributed by atoms with van der Waals surface area (Å²) in [6, 6.07) is 17.9. The highest BCUT2D eigenvalue weighted by Crippen LogP contribution is 2.39. The van der Waals surface area contributed by atoms with Crippen LogP contribution >= 0.6 is 11.3 Å². The Balaban J connectivity index is 1.53. The third kappa shape index (κ3) is 5.26. The molecule has 0 atom stereocenters. The van der Waals surface area contributed by atoms with E-state index in [9.17, 15) is 9.59 Å². The number of anilines is 2. The van der Waals surface area contributed by atoms with Gasteiger partial charge >= 0.3 is 0 Å². The molecule has 1 aliphatic rings. The molecule has 6 nitrogen and oxygen atoms in total. The van der Waals surface area contributed by atoms with Crippen LogP contribution in [0, 0.1) is 13.8 Å². The molecule has 3 aromatic rings. The Labute approximate surface area is 198 Å². The van der Waals surface area contributed by atoms with Gasteiger partial charge in [-0.05, 0) is 36.6 Å². The van der Waals surface area contributed by atoms with Gasteiger partial charge in [0.05, 0.1) is 29.6 Å². The molecule has 0 aliphatic carbocycles. The van der Waals surface area contributed by atoms with E-state index in [1.807, 2.05) is 56.3 Å². The summed E-state index contributed by atoms with van der Waals surface area (Å²) in [5.41, 5.74) is 4.92. The van der Waals surface area contributed by atoms with Crippen LogP contribution < -0.4 is 10.2 Å². The highest BCUT2D eigenvalue weighted by Gasteiger charge is 2.24. The Hall–Kier alpha value is -3.16. The summed E-state index contributed by atoms with van der Waals surface area (Å²) in [5, 5.41) is 4.03.